The summed E-state index contributed by atoms with van der Waals surface area (Å²) in [6, 6.07) is 32.3. The van der Waals surface area contributed by atoms with Gasteiger partial charge >= 0.3 is 5.97 Å². The van der Waals surface area contributed by atoms with Crippen LogP contribution in [0.15, 0.2) is 119 Å². The summed E-state index contributed by atoms with van der Waals surface area (Å²) in [7, 11) is 0. The van der Waals surface area contributed by atoms with E-state index in [0.717, 1.165) is 23.3 Å². The molecule has 0 bridgehead atoms. The smallest absolute Gasteiger partial charge is 0.325 e. The normalized spacial score (nSPS) is 17.5. The number of benzene rings is 3. The minimum atomic E-state index is -1.06. The quantitative estimate of drug-likeness (QED) is 0.217. The largest absolute Gasteiger partial charge is 0.480 e. The van der Waals surface area contributed by atoms with Crippen LogP contribution in [0, 0.1) is 17.2 Å². The third kappa shape index (κ3) is 4.38. The van der Waals surface area contributed by atoms with E-state index in [9.17, 15) is 4.79 Å². The third-order valence-corrected chi connectivity index (χ3v) is 10.3. The Balaban J connectivity index is 1.07. The molecule has 0 fully saturated rings. The molecule has 40 heavy (non-hydrogen) atoms. The Morgan fingerprint density at radius 3 is 2.33 bits per heavy atom. The van der Waals surface area contributed by atoms with Crippen molar-refractivity contribution in [3.8, 4) is 22.2 Å². The van der Waals surface area contributed by atoms with Crippen LogP contribution >= 0.6 is 23.1 Å². The van der Waals surface area contributed by atoms with E-state index in [1.807, 2.05) is 35.2 Å². The third-order valence-electron chi connectivity index (χ3n) is 7.59. The summed E-state index contributed by atoms with van der Waals surface area (Å²) in [5.41, 5.74) is 6.51. The maximum absolute atomic E-state index is 11.2. The molecule has 3 aromatic carbocycles. The van der Waals surface area contributed by atoms with E-state index >= 15 is 0 Å². The van der Waals surface area contributed by atoms with Gasteiger partial charge in [0, 0.05) is 36.4 Å². The van der Waals surface area contributed by atoms with E-state index < -0.39 is 11.9 Å². The first-order chi connectivity index (χ1) is 19.6. The topological polar surface area (TPSA) is 66.0 Å². The fraction of sp³-hybridized carbons (Fsp3) is 0.118. The number of aliphatic carboxylic acids is 1. The molecule has 0 amide bonds. The monoisotopic (exact) mass is 556 g/mol. The number of aromatic nitrogens is 1. The Labute approximate surface area is 240 Å². The number of para-hydroxylation sites is 2. The lowest BCUT2D eigenvalue weighted by molar-refractivity contribution is -0.138. The van der Waals surface area contributed by atoms with Crippen molar-refractivity contribution in [1.29, 1.82) is 5.26 Å². The Bertz CT molecular complexity index is 1880. The van der Waals surface area contributed by atoms with E-state index in [-0.39, 0.29) is 0 Å². The Hall–Kier alpha value is -4.31. The number of carboxylic acids is 1. The van der Waals surface area contributed by atoms with Gasteiger partial charge in [-0.05, 0) is 72.0 Å². The van der Waals surface area contributed by atoms with E-state index in [0.29, 0.717) is 11.7 Å². The van der Waals surface area contributed by atoms with Gasteiger partial charge in [0.05, 0.1) is 17.1 Å². The van der Waals surface area contributed by atoms with Crippen molar-refractivity contribution >= 4 is 50.9 Å². The van der Waals surface area contributed by atoms with Gasteiger partial charge in [0.2, 0.25) is 0 Å². The second kappa shape index (κ2) is 10.0. The van der Waals surface area contributed by atoms with Crippen molar-refractivity contribution in [2.45, 2.75) is 18.1 Å². The number of hydrogen-bond acceptors (Lipinski definition) is 4. The molecule has 2 unspecified atom stereocenters. The molecule has 0 spiro atoms. The number of carbonyl (C=O) groups is 1. The molecule has 1 aliphatic carbocycles. The number of nitriles is 1. The van der Waals surface area contributed by atoms with Gasteiger partial charge in [-0.15, -0.1) is 23.1 Å². The van der Waals surface area contributed by atoms with E-state index in [2.05, 4.69) is 102 Å². The number of thiophene rings is 1. The minimum Gasteiger partial charge on any atom is -0.480 e. The van der Waals surface area contributed by atoms with E-state index in [4.69, 9.17) is 10.4 Å². The highest BCUT2D eigenvalue weighted by Crippen LogP contribution is 2.48. The Kier molecular flexibility index (Phi) is 6.19. The van der Waals surface area contributed by atoms with Gasteiger partial charge in [-0.1, -0.05) is 60.7 Å². The van der Waals surface area contributed by atoms with Crippen LogP contribution in [0.5, 0.6) is 0 Å². The maximum atomic E-state index is 11.2. The van der Waals surface area contributed by atoms with Gasteiger partial charge in [0.1, 0.15) is 0 Å². The molecule has 2 aliphatic rings. The highest BCUT2D eigenvalue weighted by Gasteiger charge is 2.32. The van der Waals surface area contributed by atoms with Crippen molar-refractivity contribution in [1.82, 2.24) is 4.57 Å². The van der Waals surface area contributed by atoms with Gasteiger partial charge in [-0.2, -0.15) is 5.26 Å². The summed E-state index contributed by atoms with van der Waals surface area (Å²) in [6.45, 7) is 0. The summed E-state index contributed by atoms with van der Waals surface area (Å²) in [5.74, 6) is -2.08. The standard InChI is InChI=1S/C34H24N2O2S2/c35-20-28(34(37)38)27-19-22(27)11-14-24-15-16-32(39-24)33-18-17-31(40-33)21-9-12-23(13-10-21)36-29-7-3-1-5-25(29)26-6-2-4-8-30(26)36/h1-15,17-18,28,32H,16,19H2,(H,37,38)/b14-11+. The predicted octanol–water partition coefficient (Wildman–Crippen LogP) is 9.05. The number of thioether (sulfide) groups is 1. The van der Waals surface area contributed by atoms with Gasteiger partial charge in [0.25, 0.3) is 0 Å². The molecule has 0 saturated carbocycles. The van der Waals surface area contributed by atoms with Crippen LogP contribution in [0.1, 0.15) is 23.0 Å². The summed E-state index contributed by atoms with van der Waals surface area (Å²) in [4.78, 5) is 15.0. The molecule has 4 nitrogen and oxygen atoms in total. The fourth-order valence-electron chi connectivity index (χ4n) is 5.50. The summed E-state index contributed by atoms with van der Waals surface area (Å²) in [5, 5.41) is 21.2. The highest BCUT2D eigenvalue weighted by molar-refractivity contribution is 8.03. The molecular weight excluding hydrogens is 533 g/mol. The second-order valence-corrected chi connectivity index (χ2v) is 12.4. The molecule has 2 aromatic heterocycles. The van der Waals surface area contributed by atoms with Crippen molar-refractivity contribution in [2.75, 3.05) is 0 Å². The molecule has 1 N–H and O–H groups in total. The number of hydrogen-bond donors (Lipinski definition) is 1. The summed E-state index contributed by atoms with van der Waals surface area (Å²) >= 11 is 3.69. The number of carboxylic acid groups (broad SMARTS) is 1. The van der Waals surface area contributed by atoms with Crippen LogP contribution in [0.4, 0.5) is 0 Å². The number of nitrogens with zero attached hydrogens (tertiary/aromatic N) is 2. The molecule has 0 radical (unpaired) electrons. The first-order valence-corrected chi connectivity index (χ1v) is 14.9. The van der Waals surface area contributed by atoms with Gasteiger partial charge in [-0.3, -0.25) is 4.79 Å². The van der Waals surface area contributed by atoms with Crippen LogP contribution in [0.3, 0.4) is 0 Å². The lowest BCUT2D eigenvalue weighted by Gasteiger charge is -2.09. The van der Waals surface area contributed by atoms with Gasteiger partial charge in [0.15, 0.2) is 5.92 Å². The zero-order valence-electron chi connectivity index (χ0n) is 21.5. The lowest BCUT2D eigenvalue weighted by Crippen LogP contribution is -2.09. The fourth-order valence-corrected chi connectivity index (χ4v) is 7.85. The average molecular weight is 557 g/mol. The molecule has 0 saturated heterocycles. The van der Waals surface area contributed by atoms with Gasteiger partial charge < -0.3 is 9.67 Å². The Morgan fingerprint density at radius 2 is 1.65 bits per heavy atom. The second-order valence-electron chi connectivity index (χ2n) is 10.0. The lowest BCUT2D eigenvalue weighted by atomic mass is 10.1. The zero-order valence-corrected chi connectivity index (χ0v) is 23.1. The molecule has 1 aliphatic heterocycles. The average Bonchev–Trinajstić information content (AvgIpc) is 3.33. The first kappa shape index (κ1) is 24.7. The van der Waals surface area contributed by atoms with Crippen molar-refractivity contribution in [2.24, 2.45) is 5.92 Å². The van der Waals surface area contributed by atoms with Crippen LogP contribution in [0.25, 0.3) is 37.9 Å². The molecule has 7 rings (SSSR count). The molecule has 194 valence electrons. The molecule has 2 atom stereocenters. The van der Waals surface area contributed by atoms with Crippen LogP contribution < -0.4 is 0 Å². The van der Waals surface area contributed by atoms with Gasteiger partial charge in [-0.25, -0.2) is 0 Å². The zero-order chi connectivity index (χ0) is 27.2. The maximum Gasteiger partial charge on any atom is 0.325 e. The predicted molar refractivity (Wildman–Crippen MR) is 165 cm³/mol. The number of allylic oxidation sites excluding steroid dienone is 4. The first-order valence-electron chi connectivity index (χ1n) is 13.2. The number of fused-ring (bicyclic) bond motifs is 3. The van der Waals surface area contributed by atoms with Crippen molar-refractivity contribution in [3.63, 3.8) is 0 Å². The highest BCUT2D eigenvalue weighted by atomic mass is 32.2. The van der Waals surface area contributed by atoms with Crippen molar-refractivity contribution in [3.05, 3.63) is 124 Å². The summed E-state index contributed by atoms with van der Waals surface area (Å²) < 4.78 is 2.34. The Morgan fingerprint density at radius 1 is 0.950 bits per heavy atom. The van der Waals surface area contributed by atoms with Crippen molar-refractivity contribution < 1.29 is 9.90 Å². The van der Waals surface area contributed by atoms with Crippen LogP contribution in [-0.2, 0) is 4.79 Å². The van der Waals surface area contributed by atoms with E-state index in [1.54, 1.807) is 0 Å². The number of rotatable bonds is 7. The molecule has 5 aromatic rings. The minimum absolute atomic E-state index is 0.383. The molecular formula is C34H24N2O2S2. The molecule has 3 heterocycles. The van der Waals surface area contributed by atoms with E-state index in [1.165, 1.54) is 42.0 Å². The SMILES string of the molecule is N#CC(C(=O)O)C1=C(/C=C/C2=CCC(c3ccc(-c4ccc(-n5c6ccccc6c6ccccc65)cc4)s3)S2)C1. The van der Waals surface area contributed by atoms with Crippen LogP contribution in [-0.4, -0.2) is 15.6 Å². The molecule has 6 heteroatoms. The summed E-state index contributed by atoms with van der Waals surface area (Å²) in [6.07, 6.45) is 7.87. The van der Waals surface area contributed by atoms with Crippen LogP contribution in [0.2, 0.25) is 0 Å².